The molecule has 5 heteroatoms. The average molecular weight is 747 g/mol. The number of unbranched alkanes of at least 4 members (excludes halogenated alkanes) is 10. The van der Waals surface area contributed by atoms with Gasteiger partial charge in [0.15, 0.2) is 0 Å². The van der Waals surface area contributed by atoms with E-state index < -0.39 is 5.41 Å². The molecule has 2 aliphatic rings. The lowest BCUT2D eigenvalue weighted by atomic mass is 9.66. The number of benzene rings is 4. The molecule has 0 radical (unpaired) electrons. The highest BCUT2D eigenvalue weighted by atomic mass is 79.9. The van der Waals surface area contributed by atoms with Crippen molar-refractivity contribution in [2.45, 2.75) is 96.3 Å². The first kappa shape index (κ1) is 33.2. The molecule has 1 aliphatic heterocycles. The summed E-state index contributed by atoms with van der Waals surface area (Å²) in [6.45, 7) is 5.95. The van der Waals surface area contributed by atoms with Gasteiger partial charge in [0.05, 0.1) is 18.6 Å². The summed E-state index contributed by atoms with van der Waals surface area (Å²) in [5, 5.41) is 0. The molecular weight excluding hydrogens is 700 g/mol. The maximum Gasteiger partial charge on any atom is 0.135 e. The van der Waals surface area contributed by atoms with Crippen molar-refractivity contribution in [3.05, 3.63) is 104 Å². The lowest BCUT2D eigenvalue weighted by Gasteiger charge is -2.39. The zero-order chi connectivity index (χ0) is 31.9. The van der Waals surface area contributed by atoms with E-state index in [1.165, 1.54) is 86.5 Å². The Hall–Kier alpha value is -2.76. The SMILES string of the molecule is CCCCCCCCOc1ccc2c(c1)Oc1cc(OCCCCCCCC)ccc1C21c2cc(Br)ccc2-c2ccc(Br)cc21. The van der Waals surface area contributed by atoms with E-state index in [-0.39, 0.29) is 0 Å². The number of ether oxygens (including phenoxy) is 3. The van der Waals surface area contributed by atoms with E-state index >= 15 is 0 Å². The molecule has 4 aromatic carbocycles. The van der Waals surface area contributed by atoms with E-state index in [1.54, 1.807) is 0 Å². The Labute approximate surface area is 292 Å². The van der Waals surface area contributed by atoms with Crippen LogP contribution in [-0.4, -0.2) is 13.2 Å². The van der Waals surface area contributed by atoms with Gasteiger partial charge in [-0.25, -0.2) is 0 Å². The number of fused-ring (bicyclic) bond motifs is 9. The van der Waals surface area contributed by atoms with Crippen molar-refractivity contribution in [3.8, 4) is 34.1 Å². The first-order chi connectivity index (χ1) is 22.6. The molecule has 0 bridgehead atoms. The molecule has 0 aromatic heterocycles. The Kier molecular flexibility index (Phi) is 11.1. The molecule has 4 aromatic rings. The van der Waals surface area contributed by atoms with Gasteiger partial charge in [0.2, 0.25) is 0 Å². The molecular formula is C41H46Br2O3. The second-order valence-corrected chi connectivity index (χ2v) is 14.6. The molecule has 0 atom stereocenters. The van der Waals surface area contributed by atoms with E-state index in [2.05, 4.69) is 119 Å². The van der Waals surface area contributed by atoms with Gasteiger partial charge in [0.1, 0.15) is 23.0 Å². The topological polar surface area (TPSA) is 27.7 Å². The largest absolute Gasteiger partial charge is 0.493 e. The second kappa shape index (κ2) is 15.4. The Balaban J connectivity index is 1.35. The van der Waals surface area contributed by atoms with Crippen molar-refractivity contribution in [3.63, 3.8) is 0 Å². The maximum absolute atomic E-state index is 6.80. The van der Waals surface area contributed by atoms with Crippen molar-refractivity contribution in [2.24, 2.45) is 0 Å². The predicted octanol–water partition coefficient (Wildman–Crippen LogP) is 13.2. The molecule has 0 amide bonds. The molecule has 6 rings (SSSR count). The number of hydrogen-bond donors (Lipinski definition) is 0. The van der Waals surface area contributed by atoms with Gasteiger partial charge in [0, 0.05) is 32.2 Å². The minimum absolute atomic E-state index is 0.545. The van der Waals surface area contributed by atoms with Crippen LogP contribution in [0.2, 0.25) is 0 Å². The van der Waals surface area contributed by atoms with Gasteiger partial charge in [-0.1, -0.05) is 134 Å². The van der Waals surface area contributed by atoms with Gasteiger partial charge >= 0.3 is 0 Å². The maximum atomic E-state index is 6.80. The van der Waals surface area contributed by atoms with Crippen LogP contribution in [0, 0.1) is 0 Å². The summed E-state index contributed by atoms with van der Waals surface area (Å²) in [5.74, 6) is 3.37. The van der Waals surface area contributed by atoms with Crippen LogP contribution in [0.5, 0.6) is 23.0 Å². The monoisotopic (exact) mass is 744 g/mol. The zero-order valence-electron chi connectivity index (χ0n) is 27.3. The fourth-order valence-electron chi connectivity index (χ4n) is 7.23. The lowest BCUT2D eigenvalue weighted by molar-refractivity contribution is 0.300. The van der Waals surface area contributed by atoms with Crippen molar-refractivity contribution >= 4 is 31.9 Å². The molecule has 242 valence electrons. The highest BCUT2D eigenvalue weighted by molar-refractivity contribution is 9.10. The van der Waals surface area contributed by atoms with E-state index in [0.717, 1.165) is 55.9 Å². The summed E-state index contributed by atoms with van der Waals surface area (Å²) >= 11 is 7.61. The Bertz CT molecular complexity index is 1520. The van der Waals surface area contributed by atoms with Crippen LogP contribution in [0.4, 0.5) is 0 Å². The second-order valence-electron chi connectivity index (χ2n) is 12.8. The first-order valence-corrected chi connectivity index (χ1v) is 19.0. The van der Waals surface area contributed by atoms with E-state index in [0.29, 0.717) is 13.2 Å². The molecule has 0 saturated heterocycles. The van der Waals surface area contributed by atoms with E-state index in [4.69, 9.17) is 14.2 Å². The molecule has 0 N–H and O–H groups in total. The van der Waals surface area contributed by atoms with E-state index in [1.807, 2.05) is 0 Å². The van der Waals surface area contributed by atoms with Crippen LogP contribution in [0.1, 0.15) is 113 Å². The normalized spacial score (nSPS) is 13.5. The van der Waals surface area contributed by atoms with Crippen molar-refractivity contribution in [2.75, 3.05) is 13.2 Å². The van der Waals surface area contributed by atoms with E-state index in [9.17, 15) is 0 Å². The predicted molar refractivity (Wildman–Crippen MR) is 197 cm³/mol. The first-order valence-electron chi connectivity index (χ1n) is 17.4. The highest BCUT2D eigenvalue weighted by Gasteiger charge is 2.51. The van der Waals surface area contributed by atoms with Crippen molar-refractivity contribution < 1.29 is 14.2 Å². The molecule has 1 heterocycles. The van der Waals surface area contributed by atoms with Crippen molar-refractivity contribution in [1.29, 1.82) is 0 Å². The van der Waals surface area contributed by atoms with Crippen LogP contribution in [0.25, 0.3) is 11.1 Å². The van der Waals surface area contributed by atoms with Crippen LogP contribution in [0.15, 0.2) is 81.7 Å². The Morgan fingerprint density at radius 1 is 0.500 bits per heavy atom. The third-order valence-corrected chi connectivity index (χ3v) is 10.5. The zero-order valence-corrected chi connectivity index (χ0v) is 30.5. The highest BCUT2D eigenvalue weighted by Crippen LogP contribution is 2.63. The van der Waals surface area contributed by atoms with Gasteiger partial charge < -0.3 is 14.2 Å². The fraction of sp³-hybridized carbons (Fsp3) is 0.415. The number of halogens is 2. The van der Waals surface area contributed by atoms with Gasteiger partial charge in [-0.15, -0.1) is 0 Å². The fourth-order valence-corrected chi connectivity index (χ4v) is 7.95. The number of rotatable bonds is 16. The smallest absolute Gasteiger partial charge is 0.135 e. The molecule has 0 fully saturated rings. The molecule has 1 aliphatic carbocycles. The quantitative estimate of drug-likeness (QED) is 0.0923. The molecule has 46 heavy (non-hydrogen) atoms. The number of hydrogen-bond acceptors (Lipinski definition) is 3. The van der Waals surface area contributed by atoms with Gasteiger partial charge in [0.25, 0.3) is 0 Å². The minimum Gasteiger partial charge on any atom is -0.493 e. The molecule has 0 saturated carbocycles. The van der Waals surface area contributed by atoms with Crippen LogP contribution in [0.3, 0.4) is 0 Å². The van der Waals surface area contributed by atoms with Gasteiger partial charge in [-0.05, 0) is 71.5 Å². The molecule has 0 unspecified atom stereocenters. The summed E-state index contributed by atoms with van der Waals surface area (Å²) < 4.78 is 21.5. The third kappa shape index (κ3) is 6.78. The average Bonchev–Trinajstić information content (AvgIpc) is 3.32. The van der Waals surface area contributed by atoms with Gasteiger partial charge in [-0.3, -0.25) is 0 Å². The van der Waals surface area contributed by atoms with Crippen LogP contribution >= 0.6 is 31.9 Å². The lowest BCUT2D eigenvalue weighted by Crippen LogP contribution is -2.32. The summed E-state index contributed by atoms with van der Waals surface area (Å²) in [6, 6.07) is 26.2. The minimum atomic E-state index is -0.545. The van der Waals surface area contributed by atoms with Gasteiger partial charge in [-0.2, -0.15) is 0 Å². The van der Waals surface area contributed by atoms with Crippen molar-refractivity contribution in [1.82, 2.24) is 0 Å². The summed E-state index contributed by atoms with van der Waals surface area (Å²) in [7, 11) is 0. The standard InChI is InChI=1S/C41H46Br2O3/c1-3-5-7-9-11-13-23-44-31-17-21-35-39(27-31)46-40-28-32(45-24-14-12-10-8-6-4-2)18-22-36(40)41(35)37-25-29(42)15-19-33(37)34-20-16-30(43)26-38(34)41/h15-22,25-28H,3-14,23-24H2,1-2H3. The Morgan fingerprint density at radius 3 is 1.39 bits per heavy atom. The summed E-state index contributed by atoms with van der Waals surface area (Å²) in [6.07, 6.45) is 14.9. The Morgan fingerprint density at radius 2 is 0.935 bits per heavy atom. The molecule has 3 nitrogen and oxygen atoms in total. The summed E-state index contributed by atoms with van der Waals surface area (Å²) in [5.41, 5.74) is 6.71. The summed E-state index contributed by atoms with van der Waals surface area (Å²) in [4.78, 5) is 0. The van der Waals surface area contributed by atoms with Crippen LogP contribution < -0.4 is 14.2 Å². The third-order valence-electron chi connectivity index (χ3n) is 9.53. The molecule has 1 spiro atoms. The van der Waals surface area contributed by atoms with Crippen LogP contribution in [-0.2, 0) is 5.41 Å².